The Morgan fingerprint density at radius 1 is 1.58 bits per heavy atom. The van der Waals surface area contributed by atoms with Gasteiger partial charge in [-0.25, -0.2) is 4.98 Å². The fraction of sp³-hybridized carbons (Fsp3) is 0.125. The monoisotopic (exact) mass is 290 g/mol. The van der Waals surface area contributed by atoms with Crippen molar-refractivity contribution >= 4 is 31.9 Å². The lowest BCUT2D eigenvalue weighted by Crippen LogP contribution is -2.07. The Morgan fingerprint density at radius 2 is 2.25 bits per heavy atom. The maximum Gasteiger partial charge on any atom is 0.106 e. The molecule has 2 nitrogen and oxygen atoms in total. The first kappa shape index (κ1) is 9.89. The van der Waals surface area contributed by atoms with E-state index in [2.05, 4.69) is 43.4 Å². The van der Waals surface area contributed by atoms with Gasteiger partial charge in [0.05, 0.1) is 0 Å². The smallest absolute Gasteiger partial charge is 0.106 e. The van der Waals surface area contributed by atoms with E-state index in [1.54, 1.807) is 12.3 Å². The van der Waals surface area contributed by atoms with Crippen molar-refractivity contribution in [2.75, 3.05) is 0 Å². The van der Waals surface area contributed by atoms with Crippen LogP contribution in [0.4, 0.5) is 0 Å². The molecule has 1 atom stereocenters. The lowest BCUT2D eigenvalue weighted by molar-refractivity contribution is 0.899. The van der Waals surface area contributed by atoms with Crippen LogP contribution in [0.2, 0.25) is 0 Å². The van der Waals surface area contributed by atoms with Gasteiger partial charge in [0, 0.05) is 16.7 Å². The molecule has 64 valence electrons. The molecule has 1 rings (SSSR count). The van der Waals surface area contributed by atoms with Gasteiger partial charge in [-0.2, -0.15) is 0 Å². The second-order valence-corrected chi connectivity index (χ2v) is 3.96. The van der Waals surface area contributed by atoms with Gasteiger partial charge in [0.15, 0.2) is 0 Å². The quantitative estimate of drug-likeness (QED) is 0.672. The van der Waals surface area contributed by atoms with Crippen LogP contribution >= 0.6 is 31.9 Å². The maximum atomic E-state index is 5.77. The molecule has 0 aliphatic rings. The van der Waals surface area contributed by atoms with E-state index in [0.29, 0.717) is 0 Å². The molecule has 0 saturated carbocycles. The highest BCUT2D eigenvalue weighted by molar-refractivity contribution is 9.11. The minimum atomic E-state index is -0.154. The number of hydrogen-bond acceptors (Lipinski definition) is 2. The third kappa shape index (κ3) is 2.15. The number of aromatic nitrogens is 1. The van der Waals surface area contributed by atoms with Gasteiger partial charge in [0.25, 0.3) is 0 Å². The first-order chi connectivity index (χ1) is 5.65. The van der Waals surface area contributed by atoms with Crippen molar-refractivity contribution in [2.45, 2.75) is 6.04 Å². The summed E-state index contributed by atoms with van der Waals surface area (Å²) < 4.78 is 1.68. The van der Waals surface area contributed by atoms with Gasteiger partial charge >= 0.3 is 0 Å². The summed E-state index contributed by atoms with van der Waals surface area (Å²) in [5.74, 6) is 0. The summed E-state index contributed by atoms with van der Waals surface area (Å²) in [5, 5.41) is 0. The van der Waals surface area contributed by atoms with Crippen LogP contribution < -0.4 is 5.73 Å². The summed E-state index contributed by atoms with van der Waals surface area (Å²) in [6, 6.07) is 1.72. The second-order valence-electron chi connectivity index (χ2n) is 2.29. The van der Waals surface area contributed by atoms with Crippen molar-refractivity contribution in [3.8, 4) is 0 Å². The molecule has 0 amide bonds. The second kappa shape index (κ2) is 4.16. The van der Waals surface area contributed by atoms with E-state index in [1.807, 2.05) is 6.07 Å². The van der Waals surface area contributed by atoms with Gasteiger partial charge in [-0.15, -0.1) is 6.58 Å². The standard InChI is InChI=1S/C8H8Br2N2/c1-2-7(11)5-3-8(10)12-4-6(5)9/h2-4,7H,1,11H2/t7-/m1/s1. The maximum absolute atomic E-state index is 5.77. The molecule has 0 saturated heterocycles. The number of nitrogens with zero attached hydrogens (tertiary/aromatic N) is 1. The van der Waals surface area contributed by atoms with Crippen LogP contribution in [-0.2, 0) is 0 Å². The number of pyridine rings is 1. The SMILES string of the molecule is C=C[C@@H](N)c1cc(Br)ncc1Br. The van der Waals surface area contributed by atoms with Crippen molar-refractivity contribution in [3.63, 3.8) is 0 Å². The van der Waals surface area contributed by atoms with Crippen LogP contribution in [0.3, 0.4) is 0 Å². The van der Waals surface area contributed by atoms with E-state index < -0.39 is 0 Å². The van der Waals surface area contributed by atoms with Crippen LogP contribution in [0.25, 0.3) is 0 Å². The zero-order valence-electron chi connectivity index (χ0n) is 6.30. The summed E-state index contributed by atoms with van der Waals surface area (Å²) in [6.45, 7) is 3.63. The Kier molecular flexibility index (Phi) is 3.43. The molecule has 2 N–H and O–H groups in total. The third-order valence-electron chi connectivity index (χ3n) is 1.46. The third-order valence-corrected chi connectivity index (χ3v) is 2.56. The molecule has 0 aliphatic heterocycles. The molecule has 1 heterocycles. The van der Waals surface area contributed by atoms with Gasteiger partial charge in [-0.3, -0.25) is 0 Å². The summed E-state index contributed by atoms with van der Waals surface area (Å²) in [7, 11) is 0. The Morgan fingerprint density at radius 3 is 2.83 bits per heavy atom. The highest BCUT2D eigenvalue weighted by Gasteiger charge is 2.06. The zero-order chi connectivity index (χ0) is 9.14. The fourth-order valence-corrected chi connectivity index (χ4v) is 1.64. The molecular formula is C8H8Br2N2. The molecule has 4 heteroatoms. The highest BCUT2D eigenvalue weighted by atomic mass is 79.9. The average Bonchev–Trinajstić information content (AvgIpc) is 2.08. The molecule has 0 aromatic carbocycles. The highest BCUT2D eigenvalue weighted by Crippen LogP contribution is 2.24. The van der Waals surface area contributed by atoms with E-state index >= 15 is 0 Å². The van der Waals surface area contributed by atoms with Gasteiger partial charge < -0.3 is 5.73 Å². The van der Waals surface area contributed by atoms with E-state index in [0.717, 1.165) is 14.6 Å². The fourth-order valence-electron chi connectivity index (χ4n) is 0.810. The molecule has 0 aliphatic carbocycles. The van der Waals surface area contributed by atoms with E-state index in [4.69, 9.17) is 5.73 Å². The van der Waals surface area contributed by atoms with Crippen molar-refractivity contribution in [1.29, 1.82) is 0 Å². The molecule has 1 aromatic rings. The van der Waals surface area contributed by atoms with Crippen molar-refractivity contribution in [2.24, 2.45) is 5.73 Å². The summed E-state index contributed by atoms with van der Waals surface area (Å²) in [5.41, 5.74) is 6.75. The van der Waals surface area contributed by atoms with Crippen molar-refractivity contribution < 1.29 is 0 Å². The minimum Gasteiger partial charge on any atom is -0.321 e. The van der Waals surface area contributed by atoms with Gasteiger partial charge in [0.2, 0.25) is 0 Å². The summed E-state index contributed by atoms with van der Waals surface area (Å²) in [4.78, 5) is 4.04. The van der Waals surface area contributed by atoms with Crippen LogP contribution in [0.1, 0.15) is 11.6 Å². The van der Waals surface area contributed by atoms with Crippen molar-refractivity contribution in [3.05, 3.63) is 39.6 Å². The molecular weight excluding hydrogens is 284 g/mol. The van der Waals surface area contributed by atoms with Gasteiger partial charge in [0.1, 0.15) is 4.60 Å². The number of hydrogen-bond donors (Lipinski definition) is 1. The first-order valence-corrected chi connectivity index (χ1v) is 4.93. The Bertz CT molecular complexity index is 299. The van der Waals surface area contributed by atoms with Crippen LogP contribution in [0.15, 0.2) is 34.0 Å². The molecule has 0 bridgehead atoms. The van der Waals surface area contributed by atoms with Crippen LogP contribution in [0, 0.1) is 0 Å². The Balaban J connectivity index is 3.12. The molecule has 12 heavy (non-hydrogen) atoms. The molecule has 0 spiro atoms. The van der Waals surface area contributed by atoms with Crippen LogP contribution in [-0.4, -0.2) is 4.98 Å². The topological polar surface area (TPSA) is 38.9 Å². The van der Waals surface area contributed by atoms with E-state index in [1.165, 1.54) is 0 Å². The molecule has 0 radical (unpaired) electrons. The Labute approximate surface area is 88.1 Å². The largest absolute Gasteiger partial charge is 0.321 e. The number of nitrogens with two attached hydrogens (primary N) is 1. The predicted octanol–water partition coefficient (Wildman–Crippen LogP) is 2.79. The Hall–Kier alpha value is -0.190. The zero-order valence-corrected chi connectivity index (χ0v) is 9.47. The van der Waals surface area contributed by atoms with E-state index in [-0.39, 0.29) is 6.04 Å². The average molecular weight is 292 g/mol. The van der Waals surface area contributed by atoms with Crippen molar-refractivity contribution in [1.82, 2.24) is 4.98 Å². The first-order valence-electron chi connectivity index (χ1n) is 3.34. The lowest BCUT2D eigenvalue weighted by Gasteiger charge is -2.08. The molecule has 0 unspecified atom stereocenters. The number of halogens is 2. The normalized spacial score (nSPS) is 12.6. The van der Waals surface area contributed by atoms with Gasteiger partial charge in [-0.05, 0) is 43.5 Å². The van der Waals surface area contributed by atoms with E-state index in [9.17, 15) is 0 Å². The lowest BCUT2D eigenvalue weighted by atomic mass is 10.1. The summed E-state index contributed by atoms with van der Waals surface area (Å²) in [6.07, 6.45) is 3.40. The molecule has 1 aromatic heterocycles. The van der Waals surface area contributed by atoms with Gasteiger partial charge in [-0.1, -0.05) is 6.08 Å². The minimum absolute atomic E-state index is 0.154. The molecule has 0 fully saturated rings. The van der Waals surface area contributed by atoms with Crippen LogP contribution in [0.5, 0.6) is 0 Å². The predicted molar refractivity (Wildman–Crippen MR) is 56.8 cm³/mol. The number of rotatable bonds is 2. The summed E-state index contributed by atoms with van der Waals surface area (Å²) >= 11 is 6.63.